The van der Waals surface area contributed by atoms with Gasteiger partial charge < -0.3 is 4.90 Å². The van der Waals surface area contributed by atoms with Crippen LogP contribution < -0.4 is 0 Å². The predicted octanol–water partition coefficient (Wildman–Crippen LogP) is 0.710. The zero-order chi connectivity index (χ0) is 4.85. The van der Waals surface area contributed by atoms with E-state index < -0.39 is 0 Å². The van der Waals surface area contributed by atoms with Gasteiger partial charge in [-0.3, -0.25) is 0 Å². The summed E-state index contributed by atoms with van der Waals surface area (Å²) < 4.78 is 0. The molecular weight excluding hydrogens is 86.1 g/mol. The van der Waals surface area contributed by atoms with Crippen molar-refractivity contribution < 1.29 is 0 Å². The van der Waals surface area contributed by atoms with Crippen LogP contribution in [0.25, 0.3) is 0 Å². The lowest BCUT2D eigenvalue weighted by Gasteiger charge is -2.54. The summed E-state index contributed by atoms with van der Waals surface area (Å²) in [5, 5.41) is 0. The maximum Gasteiger partial charge on any atom is 0.0133 e. The van der Waals surface area contributed by atoms with Crippen LogP contribution in [-0.2, 0) is 0 Å². The minimum absolute atomic E-state index is 1.01. The summed E-state index contributed by atoms with van der Waals surface area (Å²) in [6, 6.07) is 1.01. The van der Waals surface area contributed by atoms with E-state index in [9.17, 15) is 0 Å². The van der Waals surface area contributed by atoms with Gasteiger partial charge >= 0.3 is 0 Å². The topological polar surface area (TPSA) is 3.24 Å². The molecule has 1 heteroatoms. The summed E-state index contributed by atoms with van der Waals surface area (Å²) in [7, 11) is 2.22. The Kier molecular flexibility index (Phi) is 0.571. The third-order valence-corrected chi connectivity index (χ3v) is 2.47. The van der Waals surface area contributed by atoms with E-state index in [1.807, 2.05) is 0 Å². The Morgan fingerprint density at radius 1 is 1.43 bits per heavy atom. The second-order valence-electron chi connectivity index (χ2n) is 2.84. The second-order valence-corrected chi connectivity index (χ2v) is 2.84. The molecule has 2 aliphatic rings. The maximum absolute atomic E-state index is 2.45. The predicted molar refractivity (Wildman–Crippen MR) is 29.1 cm³/mol. The zero-order valence-corrected chi connectivity index (χ0v) is 4.72. The van der Waals surface area contributed by atoms with Crippen molar-refractivity contribution in [3.63, 3.8) is 0 Å². The van der Waals surface area contributed by atoms with Crippen molar-refractivity contribution in [3.05, 3.63) is 0 Å². The molecule has 1 saturated carbocycles. The van der Waals surface area contributed by atoms with Crippen LogP contribution in [-0.4, -0.2) is 24.5 Å². The lowest BCUT2D eigenvalue weighted by molar-refractivity contribution is -0.0381. The highest BCUT2D eigenvalue weighted by Crippen LogP contribution is 2.39. The highest BCUT2D eigenvalue weighted by molar-refractivity contribution is 4.97. The highest BCUT2D eigenvalue weighted by atomic mass is 15.2. The smallest absolute Gasteiger partial charge is 0.0133 e. The van der Waals surface area contributed by atoms with Crippen molar-refractivity contribution in [1.29, 1.82) is 0 Å². The van der Waals surface area contributed by atoms with Crippen LogP contribution in [0.2, 0.25) is 0 Å². The maximum atomic E-state index is 2.45. The van der Waals surface area contributed by atoms with E-state index in [4.69, 9.17) is 0 Å². The van der Waals surface area contributed by atoms with Crippen LogP contribution in [0, 0.1) is 5.92 Å². The molecule has 40 valence electrons. The summed E-state index contributed by atoms with van der Waals surface area (Å²) in [5.74, 6) is 1.12. The normalized spacial score (nSPS) is 49.3. The Balaban J connectivity index is 1.99. The molecule has 1 nitrogen and oxygen atoms in total. The first-order valence-corrected chi connectivity index (χ1v) is 3.08. The lowest BCUT2D eigenvalue weighted by atomic mass is 9.72. The van der Waals surface area contributed by atoms with Gasteiger partial charge in [-0.1, -0.05) is 0 Å². The van der Waals surface area contributed by atoms with Crippen molar-refractivity contribution in [1.82, 2.24) is 4.90 Å². The first-order chi connectivity index (χ1) is 3.38. The zero-order valence-electron chi connectivity index (χ0n) is 4.72. The van der Waals surface area contributed by atoms with Gasteiger partial charge in [0.1, 0.15) is 0 Å². The molecular formula is C6H11N. The van der Waals surface area contributed by atoms with E-state index in [0.717, 1.165) is 12.0 Å². The van der Waals surface area contributed by atoms with Crippen LogP contribution in [0.15, 0.2) is 0 Å². The van der Waals surface area contributed by atoms with Crippen molar-refractivity contribution in [3.8, 4) is 0 Å². The summed E-state index contributed by atoms with van der Waals surface area (Å²) in [6.45, 7) is 1.38. The average molecular weight is 97.2 g/mol. The van der Waals surface area contributed by atoms with Crippen molar-refractivity contribution in [2.45, 2.75) is 18.9 Å². The molecule has 1 saturated heterocycles. The average Bonchev–Trinajstić information content (AvgIpc) is 1.59. The quantitative estimate of drug-likeness (QED) is 0.430. The van der Waals surface area contributed by atoms with E-state index >= 15 is 0 Å². The number of likely N-dealkylation sites (tertiary alicyclic amines) is 1. The number of rotatable bonds is 0. The summed E-state index contributed by atoms with van der Waals surface area (Å²) >= 11 is 0. The third kappa shape index (κ3) is 0.325. The number of hydrogen-bond donors (Lipinski definition) is 0. The van der Waals surface area contributed by atoms with E-state index in [0.29, 0.717) is 0 Å². The first kappa shape index (κ1) is 3.90. The highest BCUT2D eigenvalue weighted by Gasteiger charge is 2.42. The largest absolute Gasteiger partial charge is 0.303 e. The molecule has 0 spiro atoms. The standard InChI is InChI=1S/C6H11N/c1-7-4-5-2-3-6(5)7/h5-6H,2-4H2,1H3/t5-,6-/m1/s1. The molecule has 0 radical (unpaired) electrons. The molecule has 0 aromatic heterocycles. The Morgan fingerprint density at radius 3 is 2.29 bits per heavy atom. The van der Waals surface area contributed by atoms with Gasteiger partial charge in [-0.05, 0) is 25.8 Å². The van der Waals surface area contributed by atoms with Crippen molar-refractivity contribution >= 4 is 0 Å². The number of hydrogen-bond acceptors (Lipinski definition) is 1. The molecule has 2 atom stereocenters. The number of nitrogens with zero attached hydrogens (tertiary/aromatic N) is 1. The Morgan fingerprint density at radius 2 is 2.29 bits per heavy atom. The third-order valence-electron chi connectivity index (χ3n) is 2.47. The van der Waals surface area contributed by atoms with Gasteiger partial charge in [-0.25, -0.2) is 0 Å². The van der Waals surface area contributed by atoms with E-state index in [1.54, 1.807) is 0 Å². The number of piperidine rings is 1. The van der Waals surface area contributed by atoms with Gasteiger partial charge in [0.2, 0.25) is 0 Å². The molecule has 0 N–H and O–H groups in total. The molecule has 0 aromatic carbocycles. The van der Waals surface area contributed by atoms with Crippen LogP contribution in [0.1, 0.15) is 12.8 Å². The summed E-state index contributed by atoms with van der Waals surface area (Å²) in [5.41, 5.74) is 0. The van der Waals surface area contributed by atoms with Crippen LogP contribution in [0.5, 0.6) is 0 Å². The summed E-state index contributed by atoms with van der Waals surface area (Å²) in [6.07, 6.45) is 2.98. The molecule has 1 heterocycles. The van der Waals surface area contributed by atoms with Gasteiger partial charge in [0.15, 0.2) is 0 Å². The summed E-state index contributed by atoms with van der Waals surface area (Å²) in [4.78, 5) is 2.45. The molecule has 7 heavy (non-hydrogen) atoms. The Hall–Kier alpha value is -0.0400. The molecule has 0 amide bonds. The fourth-order valence-electron chi connectivity index (χ4n) is 1.71. The molecule has 0 bridgehead atoms. The molecule has 0 aromatic rings. The number of fused-ring (bicyclic) bond motifs is 1. The Bertz CT molecular complexity index is 86.2. The molecule has 0 unspecified atom stereocenters. The molecule has 2 fully saturated rings. The molecule has 1 aliphatic heterocycles. The fraction of sp³-hybridized carbons (Fsp3) is 1.00. The van der Waals surface area contributed by atoms with Gasteiger partial charge in [-0.2, -0.15) is 0 Å². The SMILES string of the molecule is CN1C[C@H]2CC[C@H]21. The lowest BCUT2D eigenvalue weighted by Crippen LogP contribution is -2.59. The van der Waals surface area contributed by atoms with Gasteiger partial charge in [0, 0.05) is 12.6 Å². The monoisotopic (exact) mass is 97.1 g/mol. The van der Waals surface area contributed by atoms with Crippen LogP contribution in [0.4, 0.5) is 0 Å². The van der Waals surface area contributed by atoms with Gasteiger partial charge in [0.25, 0.3) is 0 Å². The van der Waals surface area contributed by atoms with Gasteiger partial charge in [0.05, 0.1) is 0 Å². The van der Waals surface area contributed by atoms with E-state index in [2.05, 4.69) is 11.9 Å². The van der Waals surface area contributed by atoms with Gasteiger partial charge in [-0.15, -0.1) is 0 Å². The Labute approximate surface area is 44.3 Å². The van der Waals surface area contributed by atoms with Crippen molar-refractivity contribution in [2.24, 2.45) is 5.92 Å². The van der Waals surface area contributed by atoms with Crippen molar-refractivity contribution in [2.75, 3.05) is 13.6 Å². The van der Waals surface area contributed by atoms with E-state index in [1.165, 1.54) is 19.4 Å². The van der Waals surface area contributed by atoms with Crippen LogP contribution in [0.3, 0.4) is 0 Å². The first-order valence-electron chi connectivity index (χ1n) is 3.08. The fourth-order valence-corrected chi connectivity index (χ4v) is 1.71. The molecule has 2 rings (SSSR count). The second kappa shape index (κ2) is 1.03. The van der Waals surface area contributed by atoms with Crippen LogP contribution >= 0.6 is 0 Å². The molecule has 1 aliphatic carbocycles. The minimum Gasteiger partial charge on any atom is -0.303 e. The van der Waals surface area contributed by atoms with E-state index in [-0.39, 0.29) is 0 Å². The minimum atomic E-state index is 1.01.